The van der Waals surface area contributed by atoms with Crippen LogP contribution in [0.15, 0.2) is 30.3 Å². The fourth-order valence-corrected chi connectivity index (χ4v) is 2.94. The Morgan fingerprint density at radius 2 is 1.90 bits per heavy atom. The van der Waals surface area contributed by atoms with Gasteiger partial charge in [0.15, 0.2) is 0 Å². The SMILES string of the molecule is O=C(CN(CCO)c1ccccc1)NCC1CCCCC1. The molecule has 0 unspecified atom stereocenters. The number of hydrogen-bond donors (Lipinski definition) is 2. The van der Waals surface area contributed by atoms with Crippen LogP contribution >= 0.6 is 0 Å². The highest BCUT2D eigenvalue weighted by molar-refractivity contribution is 5.81. The molecule has 1 aromatic rings. The molecule has 0 spiro atoms. The molecule has 21 heavy (non-hydrogen) atoms. The summed E-state index contributed by atoms with van der Waals surface area (Å²) in [6.07, 6.45) is 6.39. The summed E-state index contributed by atoms with van der Waals surface area (Å²) >= 11 is 0. The van der Waals surface area contributed by atoms with Crippen molar-refractivity contribution >= 4 is 11.6 Å². The van der Waals surface area contributed by atoms with Gasteiger partial charge in [0.1, 0.15) is 0 Å². The molecule has 0 saturated heterocycles. The monoisotopic (exact) mass is 290 g/mol. The standard InChI is InChI=1S/C17H26N2O2/c20-12-11-19(16-9-5-2-6-10-16)14-17(21)18-13-15-7-3-1-4-8-15/h2,5-6,9-10,15,20H,1,3-4,7-8,11-14H2,(H,18,21). The lowest BCUT2D eigenvalue weighted by Gasteiger charge is -2.25. The van der Waals surface area contributed by atoms with E-state index >= 15 is 0 Å². The van der Waals surface area contributed by atoms with E-state index in [0.717, 1.165) is 12.2 Å². The molecule has 1 saturated carbocycles. The van der Waals surface area contributed by atoms with Gasteiger partial charge in [-0.15, -0.1) is 0 Å². The van der Waals surface area contributed by atoms with Crippen LogP contribution in [0.2, 0.25) is 0 Å². The van der Waals surface area contributed by atoms with E-state index in [1.807, 2.05) is 35.2 Å². The second kappa shape index (κ2) is 8.67. The zero-order valence-corrected chi connectivity index (χ0v) is 12.6. The number of benzene rings is 1. The van der Waals surface area contributed by atoms with Crippen molar-refractivity contribution in [1.82, 2.24) is 5.32 Å². The average molecular weight is 290 g/mol. The van der Waals surface area contributed by atoms with Gasteiger partial charge in [-0.1, -0.05) is 37.5 Å². The lowest BCUT2D eigenvalue weighted by atomic mass is 9.89. The summed E-state index contributed by atoms with van der Waals surface area (Å²) in [6.45, 7) is 1.61. The Morgan fingerprint density at radius 1 is 1.19 bits per heavy atom. The van der Waals surface area contributed by atoms with Crippen molar-refractivity contribution in [2.45, 2.75) is 32.1 Å². The molecule has 2 rings (SSSR count). The van der Waals surface area contributed by atoms with Crippen LogP contribution in [0.4, 0.5) is 5.69 Å². The third kappa shape index (κ3) is 5.38. The number of carbonyl (C=O) groups is 1. The van der Waals surface area contributed by atoms with E-state index in [2.05, 4.69) is 5.32 Å². The normalized spacial score (nSPS) is 15.7. The van der Waals surface area contributed by atoms with Crippen molar-refractivity contribution in [2.75, 3.05) is 31.1 Å². The number of nitrogens with zero attached hydrogens (tertiary/aromatic N) is 1. The van der Waals surface area contributed by atoms with Crippen molar-refractivity contribution < 1.29 is 9.90 Å². The molecule has 1 aliphatic carbocycles. The molecule has 1 amide bonds. The Kier molecular flexibility index (Phi) is 6.54. The van der Waals surface area contributed by atoms with Crippen molar-refractivity contribution in [3.8, 4) is 0 Å². The Morgan fingerprint density at radius 3 is 2.57 bits per heavy atom. The zero-order chi connectivity index (χ0) is 14.9. The fourth-order valence-electron chi connectivity index (χ4n) is 2.94. The molecule has 2 N–H and O–H groups in total. The first kappa shape index (κ1) is 15.8. The fraction of sp³-hybridized carbons (Fsp3) is 0.588. The van der Waals surface area contributed by atoms with E-state index in [1.165, 1.54) is 32.1 Å². The molecule has 1 aromatic carbocycles. The minimum absolute atomic E-state index is 0.0397. The van der Waals surface area contributed by atoms with Gasteiger partial charge in [0, 0.05) is 18.8 Å². The van der Waals surface area contributed by atoms with Crippen molar-refractivity contribution in [1.29, 1.82) is 0 Å². The smallest absolute Gasteiger partial charge is 0.239 e. The number of amides is 1. The molecule has 0 aromatic heterocycles. The average Bonchev–Trinajstić information content (AvgIpc) is 2.54. The molecular formula is C17H26N2O2. The van der Waals surface area contributed by atoms with Gasteiger partial charge >= 0.3 is 0 Å². The van der Waals surface area contributed by atoms with E-state index < -0.39 is 0 Å². The number of carbonyl (C=O) groups excluding carboxylic acids is 1. The molecule has 4 nitrogen and oxygen atoms in total. The number of nitrogens with one attached hydrogen (secondary N) is 1. The highest BCUT2D eigenvalue weighted by Crippen LogP contribution is 2.22. The zero-order valence-electron chi connectivity index (χ0n) is 12.6. The molecule has 116 valence electrons. The van der Waals surface area contributed by atoms with Gasteiger partial charge in [-0.25, -0.2) is 0 Å². The summed E-state index contributed by atoms with van der Waals surface area (Å²) in [5.74, 6) is 0.684. The Bertz CT molecular complexity index is 416. The molecule has 0 heterocycles. The van der Waals surface area contributed by atoms with Crippen LogP contribution in [0.3, 0.4) is 0 Å². The van der Waals surface area contributed by atoms with Gasteiger partial charge in [-0.05, 0) is 30.9 Å². The van der Waals surface area contributed by atoms with E-state index in [4.69, 9.17) is 0 Å². The first-order valence-corrected chi connectivity index (χ1v) is 7.97. The minimum atomic E-state index is 0.0397. The van der Waals surface area contributed by atoms with E-state index in [9.17, 15) is 9.90 Å². The highest BCUT2D eigenvalue weighted by Gasteiger charge is 2.15. The summed E-state index contributed by atoms with van der Waals surface area (Å²) in [6, 6.07) is 9.76. The highest BCUT2D eigenvalue weighted by atomic mass is 16.3. The van der Waals surface area contributed by atoms with Crippen molar-refractivity contribution in [2.24, 2.45) is 5.92 Å². The number of aliphatic hydroxyl groups is 1. The summed E-state index contributed by atoms with van der Waals surface area (Å²) in [5.41, 5.74) is 0.972. The van der Waals surface area contributed by atoms with E-state index in [1.54, 1.807) is 0 Å². The first-order valence-electron chi connectivity index (χ1n) is 7.97. The van der Waals surface area contributed by atoms with Crippen LogP contribution in [0.5, 0.6) is 0 Å². The van der Waals surface area contributed by atoms with E-state index in [-0.39, 0.29) is 12.5 Å². The van der Waals surface area contributed by atoms with Gasteiger partial charge in [0.25, 0.3) is 0 Å². The van der Waals surface area contributed by atoms with Crippen LogP contribution < -0.4 is 10.2 Å². The number of para-hydroxylation sites is 1. The molecule has 0 bridgehead atoms. The minimum Gasteiger partial charge on any atom is -0.395 e. The summed E-state index contributed by atoms with van der Waals surface area (Å²) in [7, 11) is 0. The predicted molar refractivity (Wildman–Crippen MR) is 85.3 cm³/mol. The Balaban J connectivity index is 1.80. The van der Waals surface area contributed by atoms with E-state index in [0.29, 0.717) is 19.0 Å². The lowest BCUT2D eigenvalue weighted by molar-refractivity contribution is -0.120. The Labute approximate surface area is 127 Å². The van der Waals surface area contributed by atoms with Crippen LogP contribution in [-0.4, -0.2) is 37.3 Å². The van der Waals surface area contributed by atoms with Crippen LogP contribution in [0.1, 0.15) is 32.1 Å². The van der Waals surface area contributed by atoms with Crippen LogP contribution in [-0.2, 0) is 4.79 Å². The topological polar surface area (TPSA) is 52.6 Å². The van der Waals surface area contributed by atoms with Gasteiger partial charge in [0.05, 0.1) is 13.2 Å². The predicted octanol–water partition coefficient (Wildman–Crippen LogP) is 2.18. The largest absolute Gasteiger partial charge is 0.395 e. The molecule has 1 aliphatic rings. The first-order chi connectivity index (χ1) is 10.3. The second-order valence-corrected chi connectivity index (χ2v) is 5.79. The summed E-state index contributed by atoms with van der Waals surface area (Å²) in [5, 5.41) is 12.2. The van der Waals surface area contributed by atoms with Gasteiger partial charge in [-0.2, -0.15) is 0 Å². The third-order valence-corrected chi connectivity index (χ3v) is 4.14. The number of anilines is 1. The number of hydrogen-bond acceptors (Lipinski definition) is 3. The molecule has 0 atom stereocenters. The molecule has 4 heteroatoms. The maximum Gasteiger partial charge on any atom is 0.239 e. The Hall–Kier alpha value is -1.55. The molecular weight excluding hydrogens is 264 g/mol. The van der Waals surface area contributed by atoms with Gasteiger partial charge in [0.2, 0.25) is 5.91 Å². The van der Waals surface area contributed by atoms with Crippen LogP contribution in [0.25, 0.3) is 0 Å². The number of rotatable bonds is 7. The second-order valence-electron chi connectivity index (χ2n) is 5.79. The third-order valence-electron chi connectivity index (χ3n) is 4.14. The van der Waals surface area contributed by atoms with Crippen LogP contribution in [0, 0.1) is 5.92 Å². The van der Waals surface area contributed by atoms with Crippen molar-refractivity contribution in [3.05, 3.63) is 30.3 Å². The maximum atomic E-state index is 12.1. The number of aliphatic hydroxyl groups excluding tert-OH is 1. The quantitative estimate of drug-likeness (QED) is 0.809. The molecule has 1 fully saturated rings. The summed E-state index contributed by atoms with van der Waals surface area (Å²) in [4.78, 5) is 14.0. The maximum absolute atomic E-state index is 12.1. The van der Waals surface area contributed by atoms with Gasteiger partial charge < -0.3 is 15.3 Å². The van der Waals surface area contributed by atoms with Gasteiger partial charge in [-0.3, -0.25) is 4.79 Å². The lowest BCUT2D eigenvalue weighted by Crippen LogP contribution is -2.40. The molecule has 0 aliphatic heterocycles. The summed E-state index contributed by atoms with van der Waals surface area (Å²) < 4.78 is 0. The molecule has 0 radical (unpaired) electrons. The van der Waals surface area contributed by atoms with Crippen molar-refractivity contribution in [3.63, 3.8) is 0 Å².